The summed E-state index contributed by atoms with van der Waals surface area (Å²) in [4.78, 5) is 17.9. The fourth-order valence-corrected chi connectivity index (χ4v) is 2.49. The van der Waals surface area contributed by atoms with Crippen LogP contribution in [0.2, 0.25) is 0 Å². The van der Waals surface area contributed by atoms with E-state index in [1.807, 2.05) is 32.2 Å². The molecule has 0 aliphatic carbocycles. The molecule has 2 rings (SSSR count). The van der Waals surface area contributed by atoms with Crippen molar-refractivity contribution in [2.75, 3.05) is 23.5 Å². The highest BCUT2D eigenvalue weighted by atomic mass is 32.1. The summed E-state index contributed by atoms with van der Waals surface area (Å²) in [7, 11) is 2.00. The predicted octanol–water partition coefficient (Wildman–Crippen LogP) is 3.20. The molecule has 2 aromatic rings. The lowest BCUT2D eigenvalue weighted by Crippen LogP contribution is -2.16. The zero-order chi connectivity index (χ0) is 15.0. The number of rotatable bonds is 5. The first kappa shape index (κ1) is 16.5. The van der Waals surface area contributed by atoms with Crippen molar-refractivity contribution in [2.24, 2.45) is 0 Å². The van der Waals surface area contributed by atoms with Gasteiger partial charge in [0.2, 0.25) is 6.41 Å². The third kappa shape index (κ3) is 4.54. The Hall–Kier alpha value is -1.53. The van der Waals surface area contributed by atoms with Crippen molar-refractivity contribution in [3.05, 3.63) is 40.8 Å². The zero-order valence-corrected chi connectivity index (χ0v) is 13.5. The summed E-state index contributed by atoms with van der Waals surface area (Å²) < 4.78 is 0. The number of benzene rings is 1. The van der Waals surface area contributed by atoms with Crippen LogP contribution in [0.4, 0.5) is 10.9 Å². The summed E-state index contributed by atoms with van der Waals surface area (Å²) in [6, 6.07) is 10.2. The van der Waals surface area contributed by atoms with E-state index in [0.717, 1.165) is 16.6 Å². The van der Waals surface area contributed by atoms with Gasteiger partial charge in [0.1, 0.15) is 5.82 Å². The maximum absolute atomic E-state index is 10.4. The van der Waals surface area contributed by atoms with Gasteiger partial charge in [-0.1, -0.05) is 41.7 Å². The molecule has 108 valence electrons. The minimum atomic E-state index is 0.643. The van der Waals surface area contributed by atoms with Crippen molar-refractivity contribution in [1.29, 1.82) is 0 Å². The molecular weight excluding hydrogens is 290 g/mol. The van der Waals surface area contributed by atoms with Crippen LogP contribution in [0, 0.1) is 6.92 Å². The SMILES string of the molecule is CS.Cc1sc(N(C)Cc2ccccc2)nc1NC=O. The molecule has 0 saturated heterocycles. The molecule has 1 amide bonds. The number of aromatic nitrogens is 1. The van der Waals surface area contributed by atoms with Crippen LogP contribution in [0.5, 0.6) is 0 Å². The fraction of sp³-hybridized carbons (Fsp3) is 0.286. The number of thiol groups is 1. The molecule has 0 unspecified atom stereocenters. The molecule has 6 heteroatoms. The van der Waals surface area contributed by atoms with Crippen molar-refractivity contribution in [3.63, 3.8) is 0 Å². The van der Waals surface area contributed by atoms with Gasteiger partial charge < -0.3 is 10.2 Å². The smallest absolute Gasteiger partial charge is 0.212 e. The summed E-state index contributed by atoms with van der Waals surface area (Å²) in [6.07, 6.45) is 2.35. The minimum Gasteiger partial charge on any atom is -0.347 e. The molecule has 0 atom stereocenters. The molecule has 0 aliphatic heterocycles. The van der Waals surface area contributed by atoms with Crippen molar-refractivity contribution < 1.29 is 4.79 Å². The average molecular weight is 309 g/mol. The van der Waals surface area contributed by atoms with Crippen LogP contribution >= 0.6 is 24.0 Å². The number of hydrogen-bond acceptors (Lipinski definition) is 5. The van der Waals surface area contributed by atoms with Gasteiger partial charge in [-0.2, -0.15) is 12.6 Å². The number of nitrogens with one attached hydrogen (secondary N) is 1. The third-order valence-corrected chi connectivity index (χ3v) is 3.66. The molecule has 0 fully saturated rings. The number of carbonyl (C=O) groups is 1. The molecule has 0 radical (unpaired) electrons. The van der Waals surface area contributed by atoms with Crippen LogP contribution in [0.25, 0.3) is 0 Å². The quantitative estimate of drug-likeness (QED) is 0.658. The number of carbonyl (C=O) groups excluding carboxylic acids is 1. The Kier molecular flexibility index (Phi) is 7.11. The Morgan fingerprint density at radius 2 is 2.00 bits per heavy atom. The summed E-state index contributed by atoms with van der Waals surface area (Å²) in [5, 5.41) is 3.51. The van der Waals surface area contributed by atoms with E-state index in [0.29, 0.717) is 12.2 Å². The molecule has 1 aromatic heterocycles. The Labute approximate surface area is 129 Å². The number of amides is 1. The topological polar surface area (TPSA) is 45.2 Å². The zero-order valence-electron chi connectivity index (χ0n) is 11.8. The molecule has 20 heavy (non-hydrogen) atoms. The molecule has 0 saturated carbocycles. The van der Waals surface area contributed by atoms with Crippen LogP contribution < -0.4 is 10.2 Å². The summed E-state index contributed by atoms with van der Waals surface area (Å²) in [5.41, 5.74) is 1.23. The molecular formula is C14H19N3OS2. The lowest BCUT2D eigenvalue weighted by molar-refractivity contribution is -0.105. The highest BCUT2D eigenvalue weighted by Gasteiger charge is 2.10. The Bertz CT molecular complexity index is 528. The molecule has 1 N–H and O–H groups in total. The fourth-order valence-electron chi connectivity index (χ4n) is 1.66. The van der Waals surface area contributed by atoms with Crippen LogP contribution in [0.1, 0.15) is 10.4 Å². The molecule has 0 bridgehead atoms. The second-order valence-corrected chi connectivity index (χ2v) is 5.19. The molecule has 0 aliphatic rings. The van der Waals surface area contributed by atoms with E-state index >= 15 is 0 Å². The number of thiazole rings is 1. The van der Waals surface area contributed by atoms with E-state index in [1.165, 1.54) is 5.56 Å². The number of aryl methyl sites for hydroxylation is 1. The number of hydrogen-bond donors (Lipinski definition) is 2. The second kappa shape index (κ2) is 8.60. The van der Waals surface area contributed by atoms with Crippen molar-refractivity contribution >= 4 is 41.3 Å². The van der Waals surface area contributed by atoms with Gasteiger partial charge in [-0.15, -0.1) is 0 Å². The van der Waals surface area contributed by atoms with E-state index in [2.05, 4.69) is 40.0 Å². The van der Waals surface area contributed by atoms with Crippen LogP contribution in [-0.4, -0.2) is 24.7 Å². The monoisotopic (exact) mass is 309 g/mol. The molecule has 1 heterocycles. The lowest BCUT2D eigenvalue weighted by Gasteiger charge is -2.15. The largest absolute Gasteiger partial charge is 0.347 e. The van der Waals surface area contributed by atoms with E-state index in [1.54, 1.807) is 17.6 Å². The number of nitrogens with zero attached hydrogens (tertiary/aromatic N) is 2. The van der Waals surface area contributed by atoms with E-state index in [9.17, 15) is 4.79 Å². The van der Waals surface area contributed by atoms with Gasteiger partial charge in [0.15, 0.2) is 5.13 Å². The molecule has 4 nitrogen and oxygen atoms in total. The van der Waals surface area contributed by atoms with Gasteiger partial charge in [-0.05, 0) is 18.7 Å². The minimum absolute atomic E-state index is 0.643. The third-order valence-electron chi connectivity index (χ3n) is 2.57. The number of anilines is 2. The molecule has 1 aromatic carbocycles. The maximum Gasteiger partial charge on any atom is 0.212 e. The average Bonchev–Trinajstić information content (AvgIpc) is 2.84. The van der Waals surface area contributed by atoms with Crippen molar-refractivity contribution in [2.45, 2.75) is 13.5 Å². The van der Waals surface area contributed by atoms with E-state index in [-0.39, 0.29) is 0 Å². The highest BCUT2D eigenvalue weighted by Crippen LogP contribution is 2.28. The Morgan fingerprint density at radius 1 is 1.35 bits per heavy atom. The van der Waals surface area contributed by atoms with Crippen molar-refractivity contribution in [3.8, 4) is 0 Å². The van der Waals surface area contributed by atoms with Crippen LogP contribution in [-0.2, 0) is 11.3 Å². The van der Waals surface area contributed by atoms with Crippen LogP contribution in [0.15, 0.2) is 30.3 Å². The van der Waals surface area contributed by atoms with E-state index < -0.39 is 0 Å². The standard InChI is InChI=1S/C13H15N3OS.CH4S/c1-10-12(14-9-17)15-13(18-10)16(2)8-11-6-4-3-5-7-11;1-2/h3-7,9H,8H2,1-2H3,(H,14,17);2H,1H3. The van der Waals surface area contributed by atoms with E-state index in [4.69, 9.17) is 0 Å². The summed E-state index contributed by atoms with van der Waals surface area (Å²) in [5.74, 6) is 0.643. The first-order chi connectivity index (χ1) is 9.70. The van der Waals surface area contributed by atoms with Gasteiger partial charge in [-0.3, -0.25) is 4.79 Å². The maximum atomic E-state index is 10.4. The summed E-state index contributed by atoms with van der Waals surface area (Å²) >= 11 is 5.10. The van der Waals surface area contributed by atoms with Crippen molar-refractivity contribution in [1.82, 2.24) is 4.98 Å². The second-order valence-electron chi connectivity index (χ2n) is 4.01. The lowest BCUT2D eigenvalue weighted by atomic mass is 10.2. The van der Waals surface area contributed by atoms with Gasteiger partial charge in [-0.25, -0.2) is 4.98 Å². The van der Waals surface area contributed by atoms with Gasteiger partial charge in [0.05, 0.1) is 0 Å². The van der Waals surface area contributed by atoms with Gasteiger partial charge in [0, 0.05) is 18.5 Å². The molecule has 0 spiro atoms. The van der Waals surface area contributed by atoms with Crippen LogP contribution in [0.3, 0.4) is 0 Å². The highest BCUT2D eigenvalue weighted by molar-refractivity contribution is 7.79. The van der Waals surface area contributed by atoms with Gasteiger partial charge in [0.25, 0.3) is 0 Å². The van der Waals surface area contributed by atoms with Gasteiger partial charge >= 0.3 is 0 Å². The Balaban J connectivity index is 0.000000956. The first-order valence-corrected chi connectivity index (χ1v) is 7.79. The normalized spacial score (nSPS) is 9.40. The first-order valence-electron chi connectivity index (χ1n) is 6.08. The summed E-state index contributed by atoms with van der Waals surface area (Å²) in [6.45, 7) is 2.75. The predicted molar refractivity (Wildman–Crippen MR) is 90.0 cm³/mol. The Morgan fingerprint density at radius 3 is 2.60 bits per heavy atom.